The number of fused-ring (bicyclic) bond motifs is 5. The van der Waals surface area contributed by atoms with Crippen molar-refractivity contribution in [2.24, 2.45) is 0 Å². The van der Waals surface area contributed by atoms with Gasteiger partial charge in [0.15, 0.2) is 5.69 Å². The van der Waals surface area contributed by atoms with Crippen LogP contribution in [0.15, 0.2) is 48.8 Å². The lowest BCUT2D eigenvalue weighted by Crippen LogP contribution is -1.96. The number of H-pyrrole nitrogens is 1. The minimum atomic E-state index is -0.994. The predicted molar refractivity (Wildman–Crippen MR) is 78.1 cm³/mol. The van der Waals surface area contributed by atoms with Crippen molar-refractivity contribution in [3.63, 3.8) is 0 Å². The molecule has 0 amide bonds. The van der Waals surface area contributed by atoms with E-state index in [1.807, 2.05) is 42.6 Å². The first-order valence-electron chi connectivity index (χ1n) is 6.26. The molecular formula is C16H10N2O2. The summed E-state index contributed by atoms with van der Waals surface area (Å²) in [6.45, 7) is 0. The molecular weight excluding hydrogens is 252 g/mol. The minimum Gasteiger partial charge on any atom is -0.476 e. The van der Waals surface area contributed by atoms with Crippen molar-refractivity contribution in [1.29, 1.82) is 0 Å². The number of carbonyl (C=O) groups is 1. The molecule has 4 aromatic rings. The maximum atomic E-state index is 11.2. The van der Waals surface area contributed by atoms with Crippen molar-refractivity contribution >= 4 is 38.4 Å². The van der Waals surface area contributed by atoms with Crippen LogP contribution in [0.3, 0.4) is 0 Å². The van der Waals surface area contributed by atoms with E-state index in [1.165, 1.54) is 0 Å². The fourth-order valence-corrected chi connectivity index (χ4v) is 2.74. The molecule has 2 heterocycles. The topological polar surface area (TPSA) is 66.0 Å². The summed E-state index contributed by atoms with van der Waals surface area (Å²) in [5, 5.41) is 13.9. The summed E-state index contributed by atoms with van der Waals surface area (Å²) < 4.78 is 0. The van der Waals surface area contributed by atoms with E-state index in [2.05, 4.69) is 9.97 Å². The van der Waals surface area contributed by atoms with Gasteiger partial charge < -0.3 is 10.1 Å². The molecule has 96 valence electrons. The highest BCUT2D eigenvalue weighted by atomic mass is 16.4. The average molecular weight is 262 g/mol. The summed E-state index contributed by atoms with van der Waals surface area (Å²) in [7, 11) is 0. The van der Waals surface area contributed by atoms with E-state index in [0.717, 1.165) is 27.1 Å². The minimum absolute atomic E-state index is 0.110. The Morgan fingerprint density at radius 2 is 1.80 bits per heavy atom. The van der Waals surface area contributed by atoms with E-state index in [1.54, 1.807) is 6.20 Å². The van der Waals surface area contributed by atoms with E-state index < -0.39 is 5.97 Å². The van der Waals surface area contributed by atoms with Crippen LogP contribution < -0.4 is 0 Å². The SMILES string of the molecule is O=C(O)c1ncc2c1ccc1c2ccc2ccc[nH]c21. The maximum Gasteiger partial charge on any atom is 0.355 e. The molecule has 4 heteroatoms. The third-order valence-corrected chi connectivity index (χ3v) is 3.65. The van der Waals surface area contributed by atoms with Gasteiger partial charge >= 0.3 is 5.97 Å². The van der Waals surface area contributed by atoms with Crippen LogP contribution in [0.2, 0.25) is 0 Å². The van der Waals surface area contributed by atoms with Crippen LogP contribution in [-0.4, -0.2) is 21.0 Å². The zero-order valence-electron chi connectivity index (χ0n) is 10.4. The van der Waals surface area contributed by atoms with Crippen LogP contribution in [0.1, 0.15) is 10.5 Å². The monoisotopic (exact) mass is 262 g/mol. The van der Waals surface area contributed by atoms with Gasteiger partial charge in [-0.1, -0.05) is 30.3 Å². The molecule has 2 N–H and O–H groups in total. The molecule has 20 heavy (non-hydrogen) atoms. The van der Waals surface area contributed by atoms with Gasteiger partial charge in [-0.3, -0.25) is 0 Å². The van der Waals surface area contributed by atoms with Gasteiger partial charge in [0.25, 0.3) is 0 Å². The number of nitrogens with one attached hydrogen (secondary N) is 1. The zero-order chi connectivity index (χ0) is 13.7. The third-order valence-electron chi connectivity index (χ3n) is 3.65. The Morgan fingerprint density at radius 3 is 2.65 bits per heavy atom. The molecule has 0 aliphatic rings. The van der Waals surface area contributed by atoms with Gasteiger partial charge in [-0.05, 0) is 16.8 Å². The van der Waals surface area contributed by atoms with Crippen LogP contribution in [0.5, 0.6) is 0 Å². The second kappa shape index (κ2) is 3.81. The largest absolute Gasteiger partial charge is 0.476 e. The Bertz CT molecular complexity index is 986. The van der Waals surface area contributed by atoms with E-state index in [9.17, 15) is 4.79 Å². The molecule has 0 aliphatic carbocycles. The number of aromatic amines is 1. The van der Waals surface area contributed by atoms with E-state index in [4.69, 9.17) is 5.11 Å². The summed E-state index contributed by atoms with van der Waals surface area (Å²) in [6.07, 6.45) is 3.52. The van der Waals surface area contributed by atoms with E-state index in [-0.39, 0.29) is 5.69 Å². The first-order chi connectivity index (χ1) is 9.75. The van der Waals surface area contributed by atoms with Crippen molar-refractivity contribution in [2.75, 3.05) is 0 Å². The van der Waals surface area contributed by atoms with Crippen LogP contribution in [0, 0.1) is 0 Å². The maximum absolute atomic E-state index is 11.2. The fraction of sp³-hybridized carbons (Fsp3) is 0. The normalized spacial score (nSPS) is 11.4. The molecule has 0 fully saturated rings. The van der Waals surface area contributed by atoms with E-state index in [0.29, 0.717) is 5.39 Å². The number of rotatable bonds is 1. The highest BCUT2D eigenvalue weighted by molar-refractivity contribution is 6.18. The predicted octanol–water partition coefficient (Wildman–Crippen LogP) is 3.57. The van der Waals surface area contributed by atoms with Gasteiger partial charge in [-0.25, -0.2) is 9.78 Å². The molecule has 2 aromatic carbocycles. The zero-order valence-corrected chi connectivity index (χ0v) is 10.4. The first-order valence-corrected chi connectivity index (χ1v) is 6.26. The van der Waals surface area contributed by atoms with Gasteiger partial charge in [0.05, 0.1) is 5.52 Å². The van der Waals surface area contributed by atoms with Crippen molar-refractivity contribution < 1.29 is 9.90 Å². The smallest absolute Gasteiger partial charge is 0.355 e. The van der Waals surface area contributed by atoms with Gasteiger partial charge in [0.1, 0.15) is 0 Å². The molecule has 4 rings (SSSR count). The number of pyridine rings is 1. The van der Waals surface area contributed by atoms with Gasteiger partial charge in [0, 0.05) is 28.6 Å². The van der Waals surface area contributed by atoms with Gasteiger partial charge in [-0.15, -0.1) is 0 Å². The van der Waals surface area contributed by atoms with Crippen LogP contribution in [-0.2, 0) is 0 Å². The Balaban J connectivity index is 2.21. The Hall–Kier alpha value is -2.88. The summed E-state index contributed by atoms with van der Waals surface area (Å²) in [6, 6.07) is 11.8. The molecule has 0 radical (unpaired) electrons. The van der Waals surface area contributed by atoms with Crippen LogP contribution in [0.25, 0.3) is 32.4 Å². The summed E-state index contributed by atoms with van der Waals surface area (Å²) in [5.74, 6) is -0.994. The molecule has 0 saturated carbocycles. The summed E-state index contributed by atoms with van der Waals surface area (Å²) >= 11 is 0. The van der Waals surface area contributed by atoms with Crippen molar-refractivity contribution in [2.45, 2.75) is 0 Å². The van der Waals surface area contributed by atoms with Crippen molar-refractivity contribution in [3.8, 4) is 0 Å². The van der Waals surface area contributed by atoms with Crippen LogP contribution >= 0.6 is 0 Å². The van der Waals surface area contributed by atoms with E-state index >= 15 is 0 Å². The Morgan fingerprint density at radius 1 is 1.00 bits per heavy atom. The highest BCUT2D eigenvalue weighted by Gasteiger charge is 2.14. The molecule has 0 aliphatic heterocycles. The number of hydrogen-bond donors (Lipinski definition) is 2. The first kappa shape index (κ1) is 11.0. The molecule has 0 saturated heterocycles. The average Bonchev–Trinajstić information content (AvgIpc) is 2.91. The van der Waals surface area contributed by atoms with Crippen LogP contribution in [0.4, 0.5) is 0 Å². The lowest BCUT2D eigenvalue weighted by molar-refractivity contribution is 0.0693. The lowest BCUT2D eigenvalue weighted by Gasteiger charge is -2.05. The number of hydrogen-bond acceptors (Lipinski definition) is 2. The van der Waals surface area contributed by atoms with Crippen molar-refractivity contribution in [1.82, 2.24) is 9.97 Å². The quantitative estimate of drug-likeness (QED) is 0.515. The molecule has 0 atom stereocenters. The molecule has 0 unspecified atom stereocenters. The summed E-state index contributed by atoms with van der Waals surface area (Å²) in [5.41, 5.74) is 1.16. The number of aromatic nitrogens is 2. The van der Waals surface area contributed by atoms with Crippen molar-refractivity contribution in [3.05, 3.63) is 54.5 Å². The standard InChI is InChI=1S/C16H10N2O2/c19-16(20)15-12-6-5-11-10(13(12)8-18-15)4-3-9-2-1-7-17-14(9)11/h1-8,17H,(H,19,20). The number of carboxylic acids is 1. The number of benzene rings is 2. The second-order valence-corrected chi connectivity index (χ2v) is 4.73. The lowest BCUT2D eigenvalue weighted by atomic mass is 10.0. The van der Waals surface area contributed by atoms with Gasteiger partial charge in [-0.2, -0.15) is 0 Å². The number of carboxylic acid groups (broad SMARTS) is 1. The number of aromatic carboxylic acids is 1. The molecule has 0 bridgehead atoms. The fourth-order valence-electron chi connectivity index (χ4n) is 2.74. The highest BCUT2D eigenvalue weighted by Crippen LogP contribution is 2.31. The second-order valence-electron chi connectivity index (χ2n) is 4.73. The molecule has 4 nitrogen and oxygen atoms in total. The summed E-state index contributed by atoms with van der Waals surface area (Å²) in [4.78, 5) is 18.4. The number of nitrogens with zero attached hydrogens (tertiary/aromatic N) is 1. The Labute approximate surface area is 113 Å². The molecule has 2 aromatic heterocycles. The Kier molecular flexibility index (Phi) is 2.09. The molecule has 0 spiro atoms. The third kappa shape index (κ3) is 1.36. The van der Waals surface area contributed by atoms with Gasteiger partial charge in [0.2, 0.25) is 0 Å².